The molecule has 2 nitrogen and oxygen atoms in total. The van der Waals surface area contributed by atoms with Crippen LogP contribution in [0.25, 0.3) is 28.9 Å². The number of para-hydroxylation sites is 2. The molecule has 0 radical (unpaired) electrons. The summed E-state index contributed by atoms with van der Waals surface area (Å²) in [6.07, 6.45) is 29.6. The summed E-state index contributed by atoms with van der Waals surface area (Å²) >= 11 is 0. The molecule has 7 aliphatic rings. The summed E-state index contributed by atoms with van der Waals surface area (Å²) in [5, 5.41) is 0. The molecule has 290 valence electrons. The molecule has 1 atom stereocenters. The lowest BCUT2D eigenvalue weighted by molar-refractivity contribution is 0.410. The van der Waals surface area contributed by atoms with E-state index in [1.54, 1.807) is 5.56 Å². The molecular weight excluding hydrogens is 713 g/mol. The molecule has 1 spiro atoms. The van der Waals surface area contributed by atoms with E-state index in [0.717, 1.165) is 25.8 Å². The van der Waals surface area contributed by atoms with Crippen LogP contribution in [0.15, 0.2) is 156 Å². The van der Waals surface area contributed by atoms with Crippen LogP contribution in [0.4, 0.5) is 22.7 Å². The van der Waals surface area contributed by atoms with E-state index in [4.69, 9.17) is 0 Å². The maximum atomic E-state index is 2.57. The SMILES string of the molecule is CC1(C)c2cc(N3CCCc4ccccc43)ccc2C2=CC=C(/C=C/c3ccc4c(c3)C3(CCCC3)c3cc(N5C6=C(C=Cc7ccccc75)CCC=C6)ccc3-4)CC21. The Morgan fingerprint density at radius 1 is 0.644 bits per heavy atom. The first-order valence-electron chi connectivity index (χ1n) is 22.3. The lowest BCUT2D eigenvalue weighted by atomic mass is 9.73. The third-order valence-electron chi connectivity index (χ3n) is 15.2. The van der Waals surface area contributed by atoms with Crippen LogP contribution in [0.1, 0.15) is 104 Å². The Bertz CT molecular complexity index is 2770. The van der Waals surface area contributed by atoms with Crippen LogP contribution in [0.3, 0.4) is 0 Å². The van der Waals surface area contributed by atoms with Gasteiger partial charge < -0.3 is 9.80 Å². The van der Waals surface area contributed by atoms with Crippen LogP contribution in [-0.2, 0) is 17.3 Å². The molecule has 0 aromatic heterocycles. The van der Waals surface area contributed by atoms with Crippen molar-refractivity contribution in [1.29, 1.82) is 0 Å². The maximum absolute atomic E-state index is 2.57. The summed E-state index contributed by atoms with van der Waals surface area (Å²) in [6.45, 7) is 6.04. The van der Waals surface area contributed by atoms with Gasteiger partial charge in [0.05, 0.1) is 5.69 Å². The minimum absolute atomic E-state index is 0.0597. The smallest absolute Gasteiger partial charge is 0.0534 e. The monoisotopic (exact) mass is 764 g/mol. The predicted molar refractivity (Wildman–Crippen MR) is 249 cm³/mol. The van der Waals surface area contributed by atoms with E-state index in [1.807, 2.05) is 0 Å². The molecule has 0 N–H and O–H groups in total. The first-order chi connectivity index (χ1) is 29.0. The first kappa shape index (κ1) is 35.1. The third kappa shape index (κ3) is 5.38. The molecule has 2 heteroatoms. The van der Waals surface area contributed by atoms with Crippen molar-refractivity contribution in [3.05, 3.63) is 195 Å². The summed E-state index contributed by atoms with van der Waals surface area (Å²) in [4.78, 5) is 5.09. The van der Waals surface area contributed by atoms with Gasteiger partial charge in [-0.15, -0.1) is 0 Å². The van der Waals surface area contributed by atoms with E-state index in [0.29, 0.717) is 5.92 Å². The second-order valence-corrected chi connectivity index (χ2v) is 18.7. The standard InChI is InChI=1S/C57H52N2/c1-56(2)49-34-38(21-27-45(49)46-29-25-43(36-50(46)56)58-33-11-15-40-12-3-6-16-53(40)58)19-20-39-22-28-47-48-30-26-44(37-52(48)57(51(47)35-39)31-9-10-32-57)59-54-17-7-4-13-41(54)23-24-42-14-5-8-18-55(42)59/h3-4,6-8,12-13,16-30,35-37,49H,5,9-11,14-15,31-34H2,1-2H3/b20-19+. The highest BCUT2D eigenvalue weighted by molar-refractivity contribution is 5.88. The van der Waals surface area contributed by atoms with Gasteiger partial charge in [-0.05, 0) is 166 Å². The third-order valence-corrected chi connectivity index (χ3v) is 15.2. The topological polar surface area (TPSA) is 6.48 Å². The van der Waals surface area contributed by atoms with E-state index >= 15 is 0 Å². The van der Waals surface area contributed by atoms with Crippen LogP contribution >= 0.6 is 0 Å². The average Bonchev–Trinajstić information content (AvgIpc) is 3.90. The van der Waals surface area contributed by atoms with Crippen molar-refractivity contribution in [3.8, 4) is 11.1 Å². The van der Waals surface area contributed by atoms with Crippen molar-refractivity contribution in [3.63, 3.8) is 0 Å². The number of benzene rings is 5. The summed E-state index contributed by atoms with van der Waals surface area (Å²) in [6, 6.07) is 39.9. The van der Waals surface area contributed by atoms with Crippen molar-refractivity contribution < 1.29 is 0 Å². The van der Waals surface area contributed by atoms with Gasteiger partial charge in [0.25, 0.3) is 0 Å². The minimum Gasteiger partial charge on any atom is -0.341 e. The normalized spacial score (nSPS) is 21.4. The molecule has 12 rings (SSSR count). The van der Waals surface area contributed by atoms with Crippen LogP contribution in [0.2, 0.25) is 0 Å². The Hall–Kier alpha value is -5.86. The lowest BCUT2D eigenvalue weighted by Crippen LogP contribution is -2.26. The maximum Gasteiger partial charge on any atom is 0.0534 e. The van der Waals surface area contributed by atoms with Crippen molar-refractivity contribution in [2.45, 2.75) is 82.5 Å². The van der Waals surface area contributed by atoms with Crippen LogP contribution in [-0.4, -0.2) is 6.54 Å². The Morgan fingerprint density at radius 2 is 1.41 bits per heavy atom. The number of rotatable bonds is 4. The predicted octanol–water partition coefficient (Wildman–Crippen LogP) is 14.7. The van der Waals surface area contributed by atoms with Gasteiger partial charge in [0.2, 0.25) is 0 Å². The molecule has 1 saturated carbocycles. The largest absolute Gasteiger partial charge is 0.341 e. The van der Waals surface area contributed by atoms with Crippen LogP contribution < -0.4 is 9.80 Å². The average molecular weight is 765 g/mol. The van der Waals surface area contributed by atoms with E-state index in [-0.39, 0.29) is 10.8 Å². The van der Waals surface area contributed by atoms with Gasteiger partial charge >= 0.3 is 0 Å². The zero-order valence-electron chi connectivity index (χ0n) is 34.5. The molecule has 0 bridgehead atoms. The van der Waals surface area contributed by atoms with E-state index in [9.17, 15) is 0 Å². The molecule has 1 unspecified atom stereocenters. The van der Waals surface area contributed by atoms with Crippen molar-refractivity contribution in [1.82, 2.24) is 0 Å². The second-order valence-electron chi connectivity index (χ2n) is 18.7. The van der Waals surface area contributed by atoms with Crippen LogP contribution in [0, 0.1) is 5.92 Å². The molecule has 59 heavy (non-hydrogen) atoms. The van der Waals surface area contributed by atoms with Gasteiger partial charge in [-0.3, -0.25) is 0 Å². The van der Waals surface area contributed by atoms with E-state index in [2.05, 4.69) is 175 Å². The summed E-state index contributed by atoms with van der Waals surface area (Å²) in [5.41, 5.74) is 24.0. The number of hydrogen-bond acceptors (Lipinski definition) is 2. The first-order valence-corrected chi connectivity index (χ1v) is 22.3. The summed E-state index contributed by atoms with van der Waals surface area (Å²) in [7, 11) is 0. The van der Waals surface area contributed by atoms with E-state index < -0.39 is 0 Å². The fraction of sp³-hybridized carbons (Fsp3) is 0.263. The molecule has 2 aliphatic heterocycles. The zero-order chi connectivity index (χ0) is 39.3. The Morgan fingerprint density at radius 3 is 2.31 bits per heavy atom. The molecule has 0 saturated heterocycles. The molecule has 5 aromatic carbocycles. The Balaban J connectivity index is 0.846. The molecule has 0 amide bonds. The van der Waals surface area contributed by atoms with Crippen LogP contribution in [0.5, 0.6) is 0 Å². The molecule has 1 fully saturated rings. The highest BCUT2D eigenvalue weighted by Crippen LogP contribution is 2.59. The number of anilines is 4. The van der Waals surface area contributed by atoms with Gasteiger partial charge in [-0.25, -0.2) is 0 Å². The van der Waals surface area contributed by atoms with Crippen molar-refractivity contribution >= 4 is 40.5 Å². The van der Waals surface area contributed by atoms with Crippen molar-refractivity contribution in [2.24, 2.45) is 5.92 Å². The van der Waals surface area contributed by atoms with Gasteiger partial charge in [0.15, 0.2) is 0 Å². The number of hydrogen-bond donors (Lipinski definition) is 0. The zero-order valence-corrected chi connectivity index (χ0v) is 34.5. The minimum atomic E-state index is 0.0597. The second kappa shape index (κ2) is 13.3. The van der Waals surface area contributed by atoms with Gasteiger partial charge in [-0.2, -0.15) is 0 Å². The highest BCUT2D eigenvalue weighted by Gasteiger charge is 2.46. The number of fused-ring (bicyclic) bond motifs is 10. The number of nitrogens with zero attached hydrogens (tertiary/aromatic N) is 2. The molecule has 5 aliphatic carbocycles. The highest BCUT2D eigenvalue weighted by atomic mass is 15.2. The summed E-state index contributed by atoms with van der Waals surface area (Å²) < 4.78 is 0. The van der Waals surface area contributed by atoms with E-state index in [1.165, 1.54) is 128 Å². The fourth-order valence-corrected chi connectivity index (χ4v) is 12.2. The molecule has 5 aromatic rings. The molecule has 2 heterocycles. The van der Waals surface area contributed by atoms with Gasteiger partial charge in [-0.1, -0.05) is 136 Å². The quantitative estimate of drug-likeness (QED) is 0.180. The fourth-order valence-electron chi connectivity index (χ4n) is 12.2. The van der Waals surface area contributed by atoms with Gasteiger partial charge in [0, 0.05) is 34.7 Å². The van der Waals surface area contributed by atoms with Crippen molar-refractivity contribution in [2.75, 3.05) is 16.3 Å². The Kier molecular flexibility index (Phi) is 7.93. The summed E-state index contributed by atoms with van der Waals surface area (Å²) in [5.74, 6) is 0.472. The molecular formula is C57H52N2. The number of aryl methyl sites for hydroxylation is 1. The van der Waals surface area contributed by atoms with Gasteiger partial charge in [0.1, 0.15) is 0 Å². The Labute approximate surface area is 350 Å². The lowest BCUT2D eigenvalue weighted by Gasteiger charge is -2.33. The number of allylic oxidation sites excluding steroid dienone is 9.